The molecule has 0 N–H and O–H groups in total. The molecular formula is C25H26BrNO6S. The number of esters is 1. The molecule has 2 aromatic rings. The number of halogens is 1. The Hall–Kier alpha value is -2.78. The first kappa shape index (κ1) is 25.8. The molecule has 1 aliphatic heterocycles. The van der Waals surface area contributed by atoms with E-state index >= 15 is 0 Å². The maximum Gasteiger partial charge on any atom is 0.325 e. The summed E-state index contributed by atoms with van der Waals surface area (Å²) in [6, 6.07) is 13.4. The van der Waals surface area contributed by atoms with Crippen molar-refractivity contribution in [3.05, 3.63) is 63.0 Å². The van der Waals surface area contributed by atoms with Gasteiger partial charge in [0.05, 0.1) is 12.0 Å². The molecule has 0 radical (unpaired) electrons. The van der Waals surface area contributed by atoms with Gasteiger partial charge in [0.15, 0.2) is 0 Å². The molecule has 7 nitrogen and oxygen atoms in total. The number of methoxy groups -OCH3 is 1. The van der Waals surface area contributed by atoms with Gasteiger partial charge in [-0.3, -0.25) is 19.3 Å². The van der Waals surface area contributed by atoms with E-state index < -0.39 is 23.7 Å². The summed E-state index contributed by atoms with van der Waals surface area (Å²) in [7, 11) is 1.20. The van der Waals surface area contributed by atoms with E-state index in [0.29, 0.717) is 17.9 Å². The first-order valence-electron chi connectivity index (χ1n) is 10.6. The predicted octanol–water partition coefficient (Wildman–Crippen LogP) is 5.41. The fraction of sp³-hybridized carbons (Fsp3) is 0.320. The molecule has 1 fully saturated rings. The standard InChI is InChI=1S/C25H26BrNO6S/c1-25(2,3)17-6-9-19(10-7-17)32-11-12-33-20-14-18(26)8-5-16(20)13-21-23(29)27(24(30)34-21)15-22(28)31-4/h5-10,13-14H,11-12,15H2,1-4H3/b21-13-. The molecule has 0 atom stereocenters. The van der Waals surface area contributed by atoms with Crippen LogP contribution in [0.3, 0.4) is 0 Å². The molecule has 0 aromatic heterocycles. The Labute approximate surface area is 211 Å². The van der Waals surface area contributed by atoms with Gasteiger partial charge in [0.1, 0.15) is 31.3 Å². The van der Waals surface area contributed by atoms with E-state index in [0.717, 1.165) is 26.9 Å². The van der Waals surface area contributed by atoms with Crippen LogP contribution in [0.4, 0.5) is 4.79 Å². The summed E-state index contributed by atoms with van der Waals surface area (Å²) in [4.78, 5) is 37.3. The Bertz CT molecular complexity index is 1110. The molecule has 180 valence electrons. The zero-order chi connectivity index (χ0) is 24.9. The summed E-state index contributed by atoms with van der Waals surface area (Å²) in [5.41, 5.74) is 1.93. The van der Waals surface area contributed by atoms with E-state index in [4.69, 9.17) is 9.47 Å². The smallest absolute Gasteiger partial charge is 0.325 e. The molecule has 1 saturated heterocycles. The number of imide groups is 1. The Morgan fingerprint density at radius 2 is 1.74 bits per heavy atom. The lowest BCUT2D eigenvalue weighted by molar-refractivity contribution is -0.143. The van der Waals surface area contributed by atoms with Gasteiger partial charge in [0.2, 0.25) is 0 Å². The Morgan fingerprint density at radius 1 is 1.06 bits per heavy atom. The van der Waals surface area contributed by atoms with E-state index in [2.05, 4.69) is 53.6 Å². The van der Waals surface area contributed by atoms with Crippen molar-refractivity contribution in [3.63, 3.8) is 0 Å². The number of hydrogen-bond donors (Lipinski definition) is 0. The SMILES string of the molecule is COC(=O)CN1C(=O)S/C(=C\c2ccc(Br)cc2OCCOc2ccc(C(C)(C)C)cc2)C1=O. The summed E-state index contributed by atoms with van der Waals surface area (Å²) < 4.78 is 17.0. The lowest BCUT2D eigenvalue weighted by Gasteiger charge is -2.19. The number of benzene rings is 2. The molecule has 0 spiro atoms. The topological polar surface area (TPSA) is 82.1 Å². The summed E-state index contributed by atoms with van der Waals surface area (Å²) in [6.45, 7) is 6.66. The maximum atomic E-state index is 12.6. The van der Waals surface area contributed by atoms with Gasteiger partial charge in [-0.05, 0) is 53.1 Å². The Morgan fingerprint density at radius 3 is 2.38 bits per heavy atom. The predicted molar refractivity (Wildman–Crippen MR) is 135 cm³/mol. The summed E-state index contributed by atoms with van der Waals surface area (Å²) in [5, 5.41) is -0.521. The molecule has 0 unspecified atom stereocenters. The fourth-order valence-electron chi connectivity index (χ4n) is 3.09. The Balaban J connectivity index is 1.64. The number of amides is 2. The van der Waals surface area contributed by atoms with Crippen molar-refractivity contribution in [2.45, 2.75) is 26.2 Å². The third-order valence-corrected chi connectivity index (χ3v) is 6.38. The van der Waals surface area contributed by atoms with Crippen LogP contribution >= 0.6 is 27.7 Å². The lowest BCUT2D eigenvalue weighted by Crippen LogP contribution is -2.34. The van der Waals surface area contributed by atoms with Crippen molar-refractivity contribution in [1.29, 1.82) is 0 Å². The molecule has 1 aliphatic rings. The monoisotopic (exact) mass is 547 g/mol. The lowest BCUT2D eigenvalue weighted by atomic mass is 9.87. The van der Waals surface area contributed by atoms with Crippen LogP contribution in [-0.2, 0) is 19.7 Å². The zero-order valence-corrected chi connectivity index (χ0v) is 21.8. The molecule has 0 saturated carbocycles. The van der Waals surface area contributed by atoms with Crippen LogP contribution in [0.5, 0.6) is 11.5 Å². The summed E-state index contributed by atoms with van der Waals surface area (Å²) >= 11 is 4.19. The van der Waals surface area contributed by atoms with E-state index in [1.165, 1.54) is 12.7 Å². The minimum absolute atomic E-state index is 0.0766. The molecule has 1 heterocycles. The minimum Gasteiger partial charge on any atom is -0.490 e. The second-order valence-corrected chi connectivity index (χ2v) is 10.4. The summed E-state index contributed by atoms with van der Waals surface area (Å²) in [5.74, 6) is 0.0757. The van der Waals surface area contributed by atoms with Crippen molar-refractivity contribution in [2.75, 3.05) is 26.9 Å². The normalized spacial score (nSPS) is 15.1. The van der Waals surface area contributed by atoms with Gasteiger partial charge in [-0.2, -0.15) is 0 Å². The van der Waals surface area contributed by atoms with Gasteiger partial charge in [0, 0.05) is 10.0 Å². The second-order valence-electron chi connectivity index (χ2n) is 8.50. The molecule has 9 heteroatoms. The van der Waals surface area contributed by atoms with Gasteiger partial charge in [-0.15, -0.1) is 0 Å². The largest absolute Gasteiger partial charge is 0.490 e. The number of carbonyl (C=O) groups is 3. The van der Waals surface area contributed by atoms with Gasteiger partial charge >= 0.3 is 5.97 Å². The molecule has 0 bridgehead atoms. The van der Waals surface area contributed by atoms with Gasteiger partial charge in [-0.25, -0.2) is 0 Å². The van der Waals surface area contributed by atoms with Crippen LogP contribution in [-0.4, -0.2) is 48.9 Å². The van der Waals surface area contributed by atoms with Crippen molar-refractivity contribution in [1.82, 2.24) is 4.90 Å². The van der Waals surface area contributed by atoms with Crippen LogP contribution in [0.2, 0.25) is 0 Å². The number of ether oxygens (including phenoxy) is 3. The molecule has 34 heavy (non-hydrogen) atoms. The highest BCUT2D eigenvalue weighted by molar-refractivity contribution is 9.10. The number of carbonyl (C=O) groups excluding carboxylic acids is 3. The van der Waals surface area contributed by atoms with Gasteiger partial charge in [-0.1, -0.05) is 54.9 Å². The molecule has 2 amide bonds. The van der Waals surface area contributed by atoms with Crippen molar-refractivity contribution >= 4 is 50.9 Å². The van der Waals surface area contributed by atoms with E-state index in [1.807, 2.05) is 18.2 Å². The zero-order valence-electron chi connectivity index (χ0n) is 19.4. The van der Waals surface area contributed by atoms with E-state index in [1.54, 1.807) is 18.2 Å². The van der Waals surface area contributed by atoms with Crippen LogP contribution in [0, 0.1) is 0 Å². The number of hydrogen-bond acceptors (Lipinski definition) is 7. The highest BCUT2D eigenvalue weighted by Crippen LogP contribution is 2.35. The first-order valence-corrected chi connectivity index (χ1v) is 12.2. The highest BCUT2D eigenvalue weighted by atomic mass is 79.9. The fourth-order valence-corrected chi connectivity index (χ4v) is 4.26. The Kier molecular flexibility index (Phi) is 8.43. The van der Waals surface area contributed by atoms with Gasteiger partial charge in [0.25, 0.3) is 11.1 Å². The van der Waals surface area contributed by atoms with Crippen LogP contribution in [0.1, 0.15) is 31.9 Å². The average molecular weight is 548 g/mol. The van der Waals surface area contributed by atoms with Crippen molar-refractivity contribution < 1.29 is 28.6 Å². The van der Waals surface area contributed by atoms with Gasteiger partial charge < -0.3 is 14.2 Å². The van der Waals surface area contributed by atoms with Crippen LogP contribution in [0.15, 0.2) is 51.8 Å². The number of thioether (sulfide) groups is 1. The maximum absolute atomic E-state index is 12.6. The molecular weight excluding hydrogens is 522 g/mol. The first-order chi connectivity index (χ1) is 16.1. The van der Waals surface area contributed by atoms with Crippen molar-refractivity contribution in [2.24, 2.45) is 0 Å². The van der Waals surface area contributed by atoms with E-state index in [9.17, 15) is 14.4 Å². The minimum atomic E-state index is -0.663. The molecule has 2 aromatic carbocycles. The third-order valence-electron chi connectivity index (χ3n) is 4.98. The van der Waals surface area contributed by atoms with Crippen LogP contribution < -0.4 is 9.47 Å². The average Bonchev–Trinajstić information content (AvgIpc) is 3.05. The molecule has 0 aliphatic carbocycles. The molecule has 3 rings (SSSR count). The van der Waals surface area contributed by atoms with E-state index in [-0.39, 0.29) is 16.9 Å². The second kappa shape index (κ2) is 11.1. The van der Waals surface area contributed by atoms with Crippen LogP contribution in [0.25, 0.3) is 6.08 Å². The highest BCUT2D eigenvalue weighted by Gasteiger charge is 2.36. The summed E-state index contributed by atoms with van der Waals surface area (Å²) in [6.07, 6.45) is 1.58. The number of rotatable bonds is 8. The number of nitrogens with zero attached hydrogens (tertiary/aromatic N) is 1. The van der Waals surface area contributed by atoms with Crippen molar-refractivity contribution in [3.8, 4) is 11.5 Å². The quantitative estimate of drug-likeness (QED) is 0.248. The third kappa shape index (κ3) is 6.64.